The van der Waals surface area contributed by atoms with Gasteiger partial charge in [0.2, 0.25) is 0 Å². The minimum Gasteiger partial charge on any atom is -0.504 e. The van der Waals surface area contributed by atoms with E-state index in [1.165, 1.54) is 18.2 Å². The molecule has 1 heterocycles. The molecular weight excluding hydrogens is 382 g/mol. The van der Waals surface area contributed by atoms with Gasteiger partial charge in [-0.25, -0.2) is 8.42 Å². The lowest BCUT2D eigenvalue weighted by atomic mass is 10.0. The minimum atomic E-state index is -3.54. The normalized spacial score (nSPS) is 14.9. The highest BCUT2D eigenvalue weighted by atomic mass is 32.2. The van der Waals surface area contributed by atoms with Crippen molar-refractivity contribution in [3.05, 3.63) is 58.7 Å². The number of aryl methyl sites for hydroxylation is 1. The molecule has 1 N–H and O–H groups in total. The summed E-state index contributed by atoms with van der Waals surface area (Å²) in [6.07, 6.45) is 1.05. The molecule has 1 aliphatic rings. The van der Waals surface area contributed by atoms with Crippen LogP contribution in [0.5, 0.6) is 11.5 Å². The molecule has 0 aromatic heterocycles. The van der Waals surface area contributed by atoms with Gasteiger partial charge < -0.3 is 9.84 Å². The Morgan fingerprint density at radius 1 is 1.14 bits per heavy atom. The highest BCUT2D eigenvalue weighted by Gasteiger charge is 2.42. The van der Waals surface area contributed by atoms with Crippen molar-refractivity contribution < 1.29 is 27.9 Å². The molecule has 3 rings (SSSR count). The Morgan fingerprint density at radius 3 is 2.46 bits per heavy atom. The molecule has 7 nitrogen and oxygen atoms in total. The van der Waals surface area contributed by atoms with Crippen LogP contribution in [-0.2, 0) is 9.84 Å². The average Bonchev–Trinajstić information content (AvgIpc) is 2.86. The summed E-state index contributed by atoms with van der Waals surface area (Å²) in [7, 11) is -3.54. The highest BCUT2D eigenvalue weighted by Crippen LogP contribution is 2.37. The summed E-state index contributed by atoms with van der Waals surface area (Å²) in [5.41, 5.74) is 1.58. The number of sulfone groups is 1. The van der Waals surface area contributed by atoms with Gasteiger partial charge in [0.25, 0.3) is 11.8 Å². The Kier molecular flexibility index (Phi) is 5.16. The number of rotatable bonds is 6. The first-order chi connectivity index (χ1) is 13.1. The van der Waals surface area contributed by atoms with Crippen molar-refractivity contribution in [2.24, 2.45) is 0 Å². The summed E-state index contributed by atoms with van der Waals surface area (Å²) < 4.78 is 29.5. The Balaban J connectivity index is 2.13. The van der Waals surface area contributed by atoms with Crippen molar-refractivity contribution in [2.45, 2.75) is 19.9 Å². The van der Waals surface area contributed by atoms with E-state index in [0.29, 0.717) is 17.7 Å². The number of carbonyl (C=O) groups is 2. The quantitative estimate of drug-likeness (QED) is 0.744. The second-order valence-electron chi connectivity index (χ2n) is 6.75. The number of aromatic hydroxyl groups is 1. The van der Waals surface area contributed by atoms with Gasteiger partial charge >= 0.3 is 0 Å². The zero-order chi connectivity index (χ0) is 20.6. The molecule has 0 radical (unpaired) electrons. The number of imide groups is 1. The number of amides is 2. The number of fused-ring (bicyclic) bond motifs is 1. The third kappa shape index (κ3) is 3.60. The van der Waals surface area contributed by atoms with Crippen molar-refractivity contribution in [3.63, 3.8) is 0 Å². The molecule has 0 saturated heterocycles. The fourth-order valence-electron chi connectivity index (χ4n) is 3.37. The van der Waals surface area contributed by atoms with Gasteiger partial charge in [0.05, 0.1) is 29.5 Å². The molecule has 2 aromatic carbocycles. The molecule has 1 atom stereocenters. The Morgan fingerprint density at radius 2 is 1.86 bits per heavy atom. The molecule has 28 heavy (non-hydrogen) atoms. The number of ether oxygens (including phenoxy) is 1. The summed E-state index contributed by atoms with van der Waals surface area (Å²) >= 11 is 0. The zero-order valence-electron chi connectivity index (χ0n) is 15.8. The molecule has 0 spiro atoms. The van der Waals surface area contributed by atoms with Crippen molar-refractivity contribution >= 4 is 21.7 Å². The van der Waals surface area contributed by atoms with Gasteiger partial charge in [-0.05, 0) is 43.2 Å². The van der Waals surface area contributed by atoms with E-state index in [1.54, 1.807) is 32.0 Å². The zero-order valence-corrected chi connectivity index (χ0v) is 16.6. The maximum atomic E-state index is 13.0. The molecular formula is C20H21NO6S. The van der Waals surface area contributed by atoms with Gasteiger partial charge in [-0.2, -0.15) is 0 Å². The maximum Gasteiger partial charge on any atom is 0.262 e. The fraction of sp³-hybridized carbons (Fsp3) is 0.300. The van der Waals surface area contributed by atoms with E-state index in [9.17, 15) is 23.1 Å². The Hall–Kier alpha value is -2.87. The second-order valence-corrected chi connectivity index (χ2v) is 8.93. The summed E-state index contributed by atoms with van der Waals surface area (Å²) in [6.45, 7) is 3.76. The van der Waals surface area contributed by atoms with Crippen LogP contribution in [0.3, 0.4) is 0 Å². The molecule has 8 heteroatoms. The minimum absolute atomic E-state index is 0.109. The van der Waals surface area contributed by atoms with Crippen LogP contribution in [0, 0.1) is 6.92 Å². The van der Waals surface area contributed by atoms with Crippen LogP contribution in [0.25, 0.3) is 0 Å². The predicted octanol–water partition coefficient (Wildman–Crippen LogP) is 2.48. The van der Waals surface area contributed by atoms with Gasteiger partial charge in [0.15, 0.2) is 11.5 Å². The first-order valence-corrected chi connectivity index (χ1v) is 10.8. The van der Waals surface area contributed by atoms with E-state index < -0.39 is 33.4 Å². The van der Waals surface area contributed by atoms with Gasteiger partial charge in [0, 0.05) is 6.26 Å². The maximum absolute atomic E-state index is 13.0. The Labute approximate surface area is 163 Å². The number of phenolic OH excluding ortho intramolecular Hbond substituents is 1. The van der Waals surface area contributed by atoms with Gasteiger partial charge in [0.1, 0.15) is 9.84 Å². The number of nitrogens with zero attached hydrogens (tertiary/aromatic N) is 1. The van der Waals surface area contributed by atoms with Gasteiger partial charge in [-0.1, -0.05) is 18.2 Å². The van der Waals surface area contributed by atoms with E-state index in [1.807, 2.05) is 0 Å². The van der Waals surface area contributed by atoms with Crippen LogP contribution in [0.2, 0.25) is 0 Å². The average molecular weight is 403 g/mol. The number of hydrogen-bond acceptors (Lipinski definition) is 6. The molecule has 1 unspecified atom stereocenters. The van der Waals surface area contributed by atoms with Gasteiger partial charge in [-0.3, -0.25) is 14.5 Å². The van der Waals surface area contributed by atoms with E-state index in [0.717, 1.165) is 11.2 Å². The third-order valence-corrected chi connectivity index (χ3v) is 5.52. The predicted molar refractivity (Wildman–Crippen MR) is 103 cm³/mol. The number of carbonyl (C=O) groups excluding carboxylic acids is 2. The van der Waals surface area contributed by atoms with Crippen LogP contribution in [0.4, 0.5) is 0 Å². The lowest BCUT2D eigenvalue weighted by molar-refractivity contribution is 0.0597. The highest BCUT2D eigenvalue weighted by molar-refractivity contribution is 7.90. The molecule has 2 aromatic rings. The number of benzene rings is 2. The SMILES string of the molecule is CCOc1cc(C(CS(C)(=O)=O)N2C(=O)c3cccc(C)c3C2=O)ccc1O. The van der Waals surface area contributed by atoms with Crippen LogP contribution in [0.15, 0.2) is 36.4 Å². The Bertz CT molecular complexity index is 1060. The summed E-state index contributed by atoms with van der Waals surface area (Å²) in [4.78, 5) is 27.0. The van der Waals surface area contributed by atoms with Crippen molar-refractivity contribution in [1.29, 1.82) is 0 Å². The van der Waals surface area contributed by atoms with E-state index in [4.69, 9.17) is 4.74 Å². The smallest absolute Gasteiger partial charge is 0.262 e. The first kappa shape index (κ1) is 19.9. The molecule has 0 saturated carbocycles. The fourth-order valence-corrected chi connectivity index (χ4v) is 4.29. The van der Waals surface area contributed by atoms with E-state index >= 15 is 0 Å². The second kappa shape index (κ2) is 7.27. The number of hydrogen-bond donors (Lipinski definition) is 1. The standard InChI is InChI=1S/C20H21NO6S/c1-4-27-17-10-13(8-9-16(17)22)15(11-28(3,25)26)21-19(23)14-7-5-6-12(2)18(14)20(21)24/h5-10,15,22H,4,11H2,1-3H3. The van der Waals surface area contributed by atoms with Crippen molar-refractivity contribution in [1.82, 2.24) is 4.90 Å². The topological polar surface area (TPSA) is 101 Å². The largest absolute Gasteiger partial charge is 0.504 e. The van der Waals surface area contributed by atoms with Gasteiger partial charge in [-0.15, -0.1) is 0 Å². The molecule has 0 fully saturated rings. The van der Waals surface area contributed by atoms with E-state index in [-0.39, 0.29) is 22.6 Å². The lowest BCUT2D eigenvalue weighted by Crippen LogP contribution is -2.37. The summed E-state index contributed by atoms with van der Waals surface area (Å²) in [5.74, 6) is -1.46. The molecule has 0 bridgehead atoms. The molecule has 2 amide bonds. The molecule has 1 aliphatic heterocycles. The van der Waals surface area contributed by atoms with Crippen molar-refractivity contribution in [3.8, 4) is 11.5 Å². The van der Waals surface area contributed by atoms with Crippen LogP contribution < -0.4 is 4.74 Å². The van der Waals surface area contributed by atoms with Crippen LogP contribution in [0.1, 0.15) is 44.8 Å². The van der Waals surface area contributed by atoms with Crippen molar-refractivity contribution in [2.75, 3.05) is 18.6 Å². The lowest BCUT2D eigenvalue weighted by Gasteiger charge is -2.26. The first-order valence-electron chi connectivity index (χ1n) is 8.75. The molecule has 148 valence electrons. The van der Waals surface area contributed by atoms with E-state index in [2.05, 4.69) is 0 Å². The van der Waals surface area contributed by atoms with Crippen LogP contribution in [-0.4, -0.2) is 48.9 Å². The third-order valence-electron chi connectivity index (χ3n) is 4.60. The number of phenols is 1. The summed E-state index contributed by atoms with van der Waals surface area (Å²) in [5, 5.41) is 9.94. The molecule has 0 aliphatic carbocycles. The summed E-state index contributed by atoms with van der Waals surface area (Å²) in [6, 6.07) is 8.24. The van der Waals surface area contributed by atoms with Crippen LogP contribution >= 0.6 is 0 Å². The monoisotopic (exact) mass is 403 g/mol.